The summed E-state index contributed by atoms with van der Waals surface area (Å²) < 4.78 is 15.9. The molecule has 0 fully saturated rings. The average Bonchev–Trinajstić information content (AvgIpc) is 2.50. The standard InChI is InChI=1S/C19H29NO5/c1-14(21)23-11-10-16-6-8-17(9-7-16)24-13-18(25-15(2)22)12-20-19(3,4)5/h6-9,18,20H,10-13H2,1-5H3. The van der Waals surface area contributed by atoms with E-state index < -0.39 is 0 Å². The lowest BCUT2D eigenvalue weighted by atomic mass is 10.1. The molecule has 1 aromatic carbocycles. The molecule has 0 aliphatic rings. The van der Waals surface area contributed by atoms with Gasteiger partial charge in [-0.25, -0.2) is 0 Å². The van der Waals surface area contributed by atoms with Crippen LogP contribution in [0.4, 0.5) is 0 Å². The molecule has 1 atom stereocenters. The van der Waals surface area contributed by atoms with E-state index in [0.29, 0.717) is 25.3 Å². The predicted octanol–water partition coefficient (Wildman–Crippen LogP) is 2.49. The zero-order valence-corrected chi connectivity index (χ0v) is 15.8. The van der Waals surface area contributed by atoms with Gasteiger partial charge in [-0.1, -0.05) is 12.1 Å². The van der Waals surface area contributed by atoms with Crippen LogP contribution in [-0.2, 0) is 25.5 Å². The summed E-state index contributed by atoms with van der Waals surface area (Å²) in [6.45, 7) is 10.1. The second kappa shape index (κ2) is 10.0. The first-order valence-electron chi connectivity index (χ1n) is 8.43. The third-order valence-electron chi connectivity index (χ3n) is 3.25. The maximum Gasteiger partial charge on any atom is 0.303 e. The molecule has 1 aromatic rings. The fraction of sp³-hybridized carbons (Fsp3) is 0.579. The van der Waals surface area contributed by atoms with Crippen LogP contribution < -0.4 is 10.1 Å². The molecule has 140 valence electrons. The normalized spacial score (nSPS) is 12.4. The van der Waals surface area contributed by atoms with Gasteiger partial charge >= 0.3 is 11.9 Å². The molecule has 25 heavy (non-hydrogen) atoms. The average molecular weight is 351 g/mol. The van der Waals surface area contributed by atoms with Crippen LogP contribution in [0, 0.1) is 0 Å². The van der Waals surface area contributed by atoms with Gasteiger partial charge in [0.25, 0.3) is 0 Å². The molecule has 0 saturated carbocycles. The smallest absolute Gasteiger partial charge is 0.303 e. The summed E-state index contributed by atoms with van der Waals surface area (Å²) in [6, 6.07) is 7.55. The lowest BCUT2D eigenvalue weighted by molar-refractivity contribution is -0.147. The van der Waals surface area contributed by atoms with Crippen molar-refractivity contribution in [2.45, 2.75) is 52.7 Å². The summed E-state index contributed by atoms with van der Waals surface area (Å²) in [5.41, 5.74) is 0.988. The zero-order valence-electron chi connectivity index (χ0n) is 15.8. The quantitative estimate of drug-likeness (QED) is 0.689. The Kier molecular flexibility index (Phi) is 8.41. The van der Waals surface area contributed by atoms with E-state index in [-0.39, 0.29) is 30.2 Å². The van der Waals surface area contributed by atoms with Crippen LogP contribution in [0.15, 0.2) is 24.3 Å². The van der Waals surface area contributed by atoms with Crippen LogP contribution in [0.1, 0.15) is 40.2 Å². The lowest BCUT2D eigenvalue weighted by Gasteiger charge is -2.25. The number of nitrogens with one attached hydrogen (secondary N) is 1. The number of hydrogen-bond donors (Lipinski definition) is 1. The van der Waals surface area contributed by atoms with Gasteiger partial charge in [0.05, 0.1) is 6.61 Å². The minimum absolute atomic E-state index is 0.0675. The van der Waals surface area contributed by atoms with E-state index in [4.69, 9.17) is 14.2 Å². The zero-order chi connectivity index (χ0) is 18.9. The Morgan fingerprint density at radius 3 is 2.24 bits per heavy atom. The molecule has 0 spiro atoms. The van der Waals surface area contributed by atoms with Crippen LogP contribution in [0.25, 0.3) is 0 Å². The van der Waals surface area contributed by atoms with Crippen LogP contribution in [-0.4, -0.2) is 43.3 Å². The van der Waals surface area contributed by atoms with Crippen molar-refractivity contribution in [2.75, 3.05) is 19.8 Å². The Balaban J connectivity index is 2.49. The van der Waals surface area contributed by atoms with E-state index in [1.807, 2.05) is 45.0 Å². The Labute approximate surface area is 149 Å². The monoisotopic (exact) mass is 351 g/mol. The van der Waals surface area contributed by atoms with E-state index in [1.165, 1.54) is 13.8 Å². The Hall–Kier alpha value is -2.08. The second-order valence-corrected chi connectivity index (χ2v) is 6.91. The number of esters is 2. The number of rotatable bonds is 9. The van der Waals surface area contributed by atoms with E-state index in [1.54, 1.807) is 0 Å². The highest BCUT2D eigenvalue weighted by atomic mass is 16.6. The maximum absolute atomic E-state index is 11.2. The fourth-order valence-corrected chi connectivity index (χ4v) is 2.04. The van der Waals surface area contributed by atoms with E-state index in [0.717, 1.165) is 5.56 Å². The van der Waals surface area contributed by atoms with Gasteiger partial charge in [0, 0.05) is 32.4 Å². The Morgan fingerprint density at radius 1 is 1.08 bits per heavy atom. The van der Waals surface area contributed by atoms with Crippen molar-refractivity contribution in [3.8, 4) is 5.75 Å². The highest BCUT2D eigenvalue weighted by molar-refractivity contribution is 5.66. The third-order valence-corrected chi connectivity index (χ3v) is 3.25. The van der Waals surface area contributed by atoms with Gasteiger partial charge in [-0.05, 0) is 38.5 Å². The minimum Gasteiger partial charge on any atom is -0.490 e. The van der Waals surface area contributed by atoms with Crippen molar-refractivity contribution in [3.05, 3.63) is 29.8 Å². The number of carbonyl (C=O) groups is 2. The molecule has 0 saturated heterocycles. The molecule has 0 radical (unpaired) electrons. The van der Waals surface area contributed by atoms with Crippen molar-refractivity contribution in [1.82, 2.24) is 5.32 Å². The van der Waals surface area contributed by atoms with Crippen molar-refractivity contribution in [2.24, 2.45) is 0 Å². The number of carbonyl (C=O) groups excluding carboxylic acids is 2. The molecule has 1 rings (SSSR count). The Morgan fingerprint density at radius 2 is 1.72 bits per heavy atom. The second-order valence-electron chi connectivity index (χ2n) is 6.91. The minimum atomic E-state index is -0.361. The first-order chi connectivity index (χ1) is 11.7. The highest BCUT2D eigenvalue weighted by Gasteiger charge is 2.17. The molecule has 6 nitrogen and oxygen atoms in total. The number of hydrogen-bond acceptors (Lipinski definition) is 6. The predicted molar refractivity (Wildman–Crippen MR) is 95.6 cm³/mol. The molecule has 0 bridgehead atoms. The van der Waals surface area contributed by atoms with Gasteiger partial charge in [-0.15, -0.1) is 0 Å². The molecule has 0 aliphatic heterocycles. The van der Waals surface area contributed by atoms with Gasteiger partial charge in [0.15, 0.2) is 0 Å². The molecule has 6 heteroatoms. The van der Waals surface area contributed by atoms with Gasteiger partial charge in [-0.3, -0.25) is 9.59 Å². The van der Waals surface area contributed by atoms with E-state index >= 15 is 0 Å². The summed E-state index contributed by atoms with van der Waals surface area (Å²) in [6.07, 6.45) is 0.297. The van der Waals surface area contributed by atoms with E-state index in [2.05, 4.69) is 5.32 Å². The molecule has 1 N–H and O–H groups in total. The summed E-state index contributed by atoms with van der Waals surface area (Å²) in [4.78, 5) is 22.0. The molecule has 0 amide bonds. The largest absolute Gasteiger partial charge is 0.490 e. The number of benzene rings is 1. The van der Waals surface area contributed by atoms with E-state index in [9.17, 15) is 9.59 Å². The molecule has 0 aromatic heterocycles. The molecule has 0 aliphatic carbocycles. The molecule has 1 unspecified atom stereocenters. The van der Waals surface area contributed by atoms with Crippen molar-refractivity contribution >= 4 is 11.9 Å². The van der Waals surface area contributed by atoms with Gasteiger partial charge in [-0.2, -0.15) is 0 Å². The number of ether oxygens (including phenoxy) is 3. The Bertz CT molecular complexity index is 548. The fourth-order valence-electron chi connectivity index (χ4n) is 2.04. The molecular weight excluding hydrogens is 322 g/mol. The summed E-state index contributed by atoms with van der Waals surface area (Å²) in [5, 5.41) is 3.31. The SMILES string of the molecule is CC(=O)OCCc1ccc(OCC(CNC(C)(C)C)OC(C)=O)cc1. The third kappa shape index (κ3) is 10.4. The van der Waals surface area contributed by atoms with Crippen LogP contribution in [0.2, 0.25) is 0 Å². The summed E-state index contributed by atoms with van der Waals surface area (Å²) in [7, 11) is 0. The highest BCUT2D eigenvalue weighted by Crippen LogP contribution is 2.13. The van der Waals surface area contributed by atoms with Crippen LogP contribution >= 0.6 is 0 Å². The first-order valence-corrected chi connectivity index (χ1v) is 8.43. The van der Waals surface area contributed by atoms with Gasteiger partial charge in [0.1, 0.15) is 18.5 Å². The van der Waals surface area contributed by atoms with Gasteiger partial charge in [0.2, 0.25) is 0 Å². The summed E-state index contributed by atoms with van der Waals surface area (Å²) in [5.74, 6) is 0.0922. The van der Waals surface area contributed by atoms with Crippen LogP contribution in [0.3, 0.4) is 0 Å². The summed E-state index contributed by atoms with van der Waals surface area (Å²) >= 11 is 0. The first kappa shape index (κ1) is 21.0. The van der Waals surface area contributed by atoms with Crippen molar-refractivity contribution < 1.29 is 23.8 Å². The molecular formula is C19H29NO5. The lowest BCUT2D eigenvalue weighted by Crippen LogP contribution is -2.44. The van der Waals surface area contributed by atoms with Crippen LogP contribution in [0.5, 0.6) is 5.75 Å². The maximum atomic E-state index is 11.2. The van der Waals surface area contributed by atoms with Crippen molar-refractivity contribution in [1.29, 1.82) is 0 Å². The van der Waals surface area contributed by atoms with Gasteiger partial charge < -0.3 is 19.5 Å². The van der Waals surface area contributed by atoms with Crippen molar-refractivity contribution in [3.63, 3.8) is 0 Å². The topological polar surface area (TPSA) is 73.9 Å². The molecule has 0 heterocycles.